The van der Waals surface area contributed by atoms with E-state index in [1.807, 2.05) is 0 Å². The van der Waals surface area contributed by atoms with Crippen LogP contribution in [0, 0.1) is 0 Å². The zero-order valence-corrected chi connectivity index (χ0v) is 34.5. The minimum absolute atomic E-state index is 0.167. The van der Waals surface area contributed by atoms with Crippen molar-refractivity contribution in [3.05, 3.63) is 253 Å². The highest BCUT2D eigenvalue weighted by Crippen LogP contribution is 2.51. The molecule has 0 saturated carbocycles. The van der Waals surface area contributed by atoms with Gasteiger partial charge in [0.15, 0.2) is 0 Å². The van der Waals surface area contributed by atoms with Crippen LogP contribution in [0.25, 0.3) is 99.5 Å². The topological polar surface area (TPSA) is 9.86 Å². The van der Waals surface area contributed by atoms with E-state index in [0.29, 0.717) is 0 Å². The molecule has 1 atom stereocenters. The molecule has 13 rings (SSSR count). The summed E-state index contributed by atoms with van der Waals surface area (Å²) in [5.41, 5.74) is 21.1. The molecule has 0 aliphatic heterocycles. The zero-order chi connectivity index (χ0) is 41.4. The quantitative estimate of drug-likeness (QED) is 0.159. The molecule has 0 N–H and O–H groups in total. The highest BCUT2D eigenvalue weighted by Gasteiger charge is 2.31. The van der Waals surface area contributed by atoms with Gasteiger partial charge in [-0.3, -0.25) is 0 Å². The van der Waals surface area contributed by atoms with Crippen LogP contribution in [0.5, 0.6) is 0 Å². The maximum Gasteiger partial charge on any atom is 0.0544 e. The summed E-state index contributed by atoms with van der Waals surface area (Å²) in [5.74, 6) is 0.167. The summed E-state index contributed by atoms with van der Waals surface area (Å²) < 4.78 is 4.89. The average molecular weight is 801 g/mol. The van der Waals surface area contributed by atoms with E-state index in [-0.39, 0.29) is 5.92 Å². The second-order valence-corrected chi connectivity index (χ2v) is 16.9. The van der Waals surface area contributed by atoms with Crippen LogP contribution in [0.1, 0.15) is 22.6 Å². The van der Waals surface area contributed by atoms with Crippen LogP contribution < -0.4 is 0 Å². The third-order valence-corrected chi connectivity index (χ3v) is 13.4. The van der Waals surface area contributed by atoms with Crippen molar-refractivity contribution in [2.45, 2.75) is 5.92 Å². The van der Waals surface area contributed by atoms with E-state index in [9.17, 15) is 0 Å². The van der Waals surface area contributed by atoms with Crippen LogP contribution in [0.2, 0.25) is 0 Å². The molecular formula is C61H40N2. The van der Waals surface area contributed by atoms with Gasteiger partial charge in [-0.15, -0.1) is 0 Å². The predicted molar refractivity (Wildman–Crippen MR) is 264 cm³/mol. The molecule has 294 valence electrons. The maximum absolute atomic E-state index is 2.49. The minimum Gasteiger partial charge on any atom is -0.309 e. The van der Waals surface area contributed by atoms with Gasteiger partial charge in [0.1, 0.15) is 0 Å². The molecule has 1 unspecified atom stereocenters. The molecule has 0 bridgehead atoms. The summed E-state index contributed by atoms with van der Waals surface area (Å²) in [6.07, 6.45) is 0. The fourth-order valence-electron chi connectivity index (χ4n) is 10.5. The molecule has 2 nitrogen and oxygen atoms in total. The SMILES string of the molecule is c1ccc(-c2ccc(-n3c4ccccc4c4cc(-c5ccc6c(c5)c5cc7c(cc5n6-c5ccc(-c6ccccc6)cc5)C(c5ccccc5)c5ccccc5-7)ccc43)cc2)cc1. The van der Waals surface area contributed by atoms with Crippen LogP contribution in [0.4, 0.5) is 0 Å². The summed E-state index contributed by atoms with van der Waals surface area (Å²) in [7, 11) is 0. The Bertz CT molecular complexity index is 3690. The number of hydrogen-bond acceptors (Lipinski definition) is 0. The van der Waals surface area contributed by atoms with Crippen LogP contribution >= 0.6 is 0 Å². The van der Waals surface area contributed by atoms with Crippen LogP contribution in [-0.2, 0) is 0 Å². The summed E-state index contributed by atoms with van der Waals surface area (Å²) in [6, 6.07) is 87.2. The molecule has 2 heteroatoms. The smallest absolute Gasteiger partial charge is 0.0544 e. The molecule has 12 aromatic rings. The van der Waals surface area contributed by atoms with Crippen molar-refractivity contribution in [1.29, 1.82) is 0 Å². The highest BCUT2D eigenvalue weighted by atomic mass is 15.0. The lowest BCUT2D eigenvalue weighted by molar-refractivity contribution is 1.01. The van der Waals surface area contributed by atoms with Gasteiger partial charge in [0.05, 0.1) is 22.1 Å². The average Bonchev–Trinajstić information content (AvgIpc) is 3.99. The second-order valence-electron chi connectivity index (χ2n) is 16.9. The monoisotopic (exact) mass is 800 g/mol. The first-order valence-corrected chi connectivity index (χ1v) is 21.9. The van der Waals surface area contributed by atoms with Crippen molar-refractivity contribution in [3.8, 4) is 55.9 Å². The summed E-state index contributed by atoms with van der Waals surface area (Å²) >= 11 is 0. The molecule has 2 heterocycles. The van der Waals surface area contributed by atoms with Crippen molar-refractivity contribution >= 4 is 43.6 Å². The molecule has 1 aliphatic rings. The second kappa shape index (κ2) is 14.2. The molecule has 0 spiro atoms. The van der Waals surface area contributed by atoms with Crippen molar-refractivity contribution in [2.75, 3.05) is 0 Å². The van der Waals surface area contributed by atoms with Crippen molar-refractivity contribution in [3.63, 3.8) is 0 Å². The lowest BCUT2D eigenvalue weighted by Crippen LogP contribution is -2.00. The first kappa shape index (κ1) is 35.5. The van der Waals surface area contributed by atoms with E-state index in [0.717, 1.165) is 11.4 Å². The van der Waals surface area contributed by atoms with E-state index in [2.05, 4.69) is 246 Å². The number of rotatable bonds is 6. The lowest BCUT2D eigenvalue weighted by Gasteiger charge is -2.15. The van der Waals surface area contributed by atoms with Crippen molar-refractivity contribution in [2.24, 2.45) is 0 Å². The Morgan fingerprint density at radius 1 is 0.254 bits per heavy atom. The Morgan fingerprint density at radius 2 is 0.698 bits per heavy atom. The number of para-hydroxylation sites is 1. The fourth-order valence-corrected chi connectivity index (χ4v) is 10.5. The number of benzene rings is 10. The molecule has 0 fully saturated rings. The minimum atomic E-state index is 0.167. The standard InChI is InChI=1S/C61H40N2/c1-4-14-40(15-5-1)42-24-30-47(31-25-42)62-57-23-13-12-21-50(57)53-36-45(28-34-58(53)62)46-29-35-59-54(37-46)55-38-52-49-20-10-11-22-51(49)61(44-18-8-3-9-19-44)56(52)39-60(55)63(59)48-32-26-43(27-33-48)41-16-6-2-7-17-41/h1-39,61H. The molecule has 10 aromatic carbocycles. The summed E-state index contributed by atoms with van der Waals surface area (Å²) in [5, 5.41) is 5.01. The van der Waals surface area contributed by atoms with Gasteiger partial charge in [-0.2, -0.15) is 0 Å². The first-order valence-electron chi connectivity index (χ1n) is 21.9. The lowest BCUT2D eigenvalue weighted by atomic mass is 9.89. The molecule has 2 aromatic heterocycles. The normalized spacial score (nSPS) is 13.2. The van der Waals surface area contributed by atoms with E-state index < -0.39 is 0 Å². The number of hydrogen-bond donors (Lipinski definition) is 0. The number of nitrogens with zero attached hydrogens (tertiary/aromatic N) is 2. The Hall–Kier alpha value is -8.20. The predicted octanol–water partition coefficient (Wildman–Crippen LogP) is 16.0. The number of aromatic nitrogens is 2. The first-order chi connectivity index (χ1) is 31.2. The summed E-state index contributed by atoms with van der Waals surface area (Å²) in [4.78, 5) is 0. The Kier molecular flexibility index (Phi) is 8.01. The highest BCUT2D eigenvalue weighted by molar-refractivity contribution is 6.14. The van der Waals surface area contributed by atoms with Gasteiger partial charge in [0, 0.05) is 38.8 Å². The fraction of sp³-hybridized carbons (Fsp3) is 0.0164. The van der Waals surface area contributed by atoms with E-state index >= 15 is 0 Å². The van der Waals surface area contributed by atoms with E-state index in [1.165, 1.54) is 105 Å². The van der Waals surface area contributed by atoms with Crippen molar-refractivity contribution < 1.29 is 0 Å². The van der Waals surface area contributed by atoms with Gasteiger partial charge in [0.25, 0.3) is 0 Å². The zero-order valence-electron chi connectivity index (χ0n) is 34.5. The molecule has 1 aliphatic carbocycles. The molecule has 63 heavy (non-hydrogen) atoms. The van der Waals surface area contributed by atoms with Gasteiger partial charge >= 0.3 is 0 Å². The van der Waals surface area contributed by atoms with E-state index in [4.69, 9.17) is 0 Å². The van der Waals surface area contributed by atoms with Gasteiger partial charge in [0.2, 0.25) is 0 Å². The maximum atomic E-state index is 2.49. The van der Waals surface area contributed by atoms with Gasteiger partial charge in [-0.25, -0.2) is 0 Å². The third-order valence-electron chi connectivity index (χ3n) is 13.4. The Morgan fingerprint density at radius 3 is 1.32 bits per heavy atom. The van der Waals surface area contributed by atoms with Crippen LogP contribution in [-0.4, -0.2) is 9.13 Å². The van der Waals surface area contributed by atoms with Gasteiger partial charge < -0.3 is 9.13 Å². The summed E-state index contributed by atoms with van der Waals surface area (Å²) in [6.45, 7) is 0. The molecule has 0 saturated heterocycles. The van der Waals surface area contributed by atoms with Crippen LogP contribution in [0.3, 0.4) is 0 Å². The van der Waals surface area contributed by atoms with Gasteiger partial charge in [-0.1, -0.05) is 170 Å². The third kappa shape index (κ3) is 5.65. The molecular weight excluding hydrogens is 761 g/mol. The van der Waals surface area contributed by atoms with Crippen molar-refractivity contribution in [1.82, 2.24) is 9.13 Å². The molecule has 0 radical (unpaired) electrons. The Labute approximate surface area is 366 Å². The van der Waals surface area contributed by atoms with E-state index in [1.54, 1.807) is 0 Å². The van der Waals surface area contributed by atoms with Crippen LogP contribution in [0.15, 0.2) is 237 Å². The largest absolute Gasteiger partial charge is 0.309 e. The molecule has 0 amide bonds. The Balaban J connectivity index is 0.992. The van der Waals surface area contributed by atoms with Gasteiger partial charge in [-0.05, 0) is 128 Å². The number of fused-ring (bicyclic) bond motifs is 9.